The molecule has 0 bridgehead atoms. The highest BCUT2D eigenvalue weighted by molar-refractivity contribution is 5.88. The van der Waals surface area contributed by atoms with E-state index in [1.54, 1.807) is 0 Å². The zero-order chi connectivity index (χ0) is 20.2. The number of rotatable bonds is 6. The van der Waals surface area contributed by atoms with E-state index in [0.717, 1.165) is 34.9 Å². The number of esters is 1. The lowest BCUT2D eigenvalue weighted by molar-refractivity contribution is -0.148. The van der Waals surface area contributed by atoms with Crippen molar-refractivity contribution in [3.8, 4) is 0 Å². The number of carbonyl (C=O) groups is 2. The van der Waals surface area contributed by atoms with Crippen molar-refractivity contribution >= 4 is 22.8 Å². The fourth-order valence-electron chi connectivity index (χ4n) is 4.02. The van der Waals surface area contributed by atoms with Crippen molar-refractivity contribution in [2.24, 2.45) is 0 Å². The Balaban J connectivity index is 1.28. The molecule has 1 aliphatic rings. The second kappa shape index (κ2) is 8.52. The second-order valence-electron chi connectivity index (χ2n) is 7.72. The summed E-state index contributed by atoms with van der Waals surface area (Å²) in [5.41, 5.74) is 5.74. The number of hydrogen-bond donors (Lipinski definition) is 2. The van der Waals surface area contributed by atoms with Gasteiger partial charge in [-0.25, -0.2) is 0 Å². The highest BCUT2D eigenvalue weighted by atomic mass is 16.5. The van der Waals surface area contributed by atoms with Crippen molar-refractivity contribution in [1.82, 2.24) is 10.3 Å². The molecule has 2 N–H and O–H groups in total. The number of benzene rings is 2. The van der Waals surface area contributed by atoms with Crippen molar-refractivity contribution in [3.63, 3.8) is 0 Å². The maximum absolute atomic E-state index is 12.2. The normalized spacial score (nSPS) is 14.2. The van der Waals surface area contributed by atoms with E-state index in [0.29, 0.717) is 0 Å². The quantitative estimate of drug-likeness (QED) is 0.625. The Kier molecular flexibility index (Phi) is 5.65. The van der Waals surface area contributed by atoms with Crippen LogP contribution < -0.4 is 5.32 Å². The highest BCUT2D eigenvalue weighted by Gasteiger charge is 2.16. The lowest BCUT2D eigenvalue weighted by Gasteiger charge is -2.20. The Morgan fingerprint density at radius 2 is 1.90 bits per heavy atom. The molecule has 0 radical (unpaired) electrons. The van der Waals surface area contributed by atoms with E-state index in [-0.39, 0.29) is 25.0 Å². The molecule has 4 rings (SSSR count). The van der Waals surface area contributed by atoms with Gasteiger partial charge in [-0.2, -0.15) is 0 Å². The van der Waals surface area contributed by atoms with Crippen molar-refractivity contribution in [3.05, 3.63) is 70.9 Å². The molecule has 1 aromatic heterocycles. The molecule has 5 nitrogen and oxygen atoms in total. The zero-order valence-corrected chi connectivity index (χ0v) is 16.7. The van der Waals surface area contributed by atoms with Gasteiger partial charge >= 0.3 is 5.97 Å². The van der Waals surface area contributed by atoms with Crippen molar-refractivity contribution in [2.75, 3.05) is 6.61 Å². The second-order valence-corrected chi connectivity index (χ2v) is 7.72. The number of nitrogens with one attached hydrogen (secondary N) is 2. The Bertz CT molecular complexity index is 1040. The summed E-state index contributed by atoms with van der Waals surface area (Å²) in [6.07, 6.45) is 6.67. The average Bonchev–Trinajstić information content (AvgIpc) is 3.14. The van der Waals surface area contributed by atoms with Crippen LogP contribution in [0.15, 0.2) is 48.7 Å². The topological polar surface area (TPSA) is 71.2 Å². The summed E-state index contributed by atoms with van der Waals surface area (Å²) >= 11 is 0. The molecule has 3 aromatic rings. The molecular weight excluding hydrogens is 364 g/mol. The third-order valence-corrected chi connectivity index (χ3v) is 5.62. The number of ether oxygens (including phenoxy) is 1. The van der Waals surface area contributed by atoms with Gasteiger partial charge < -0.3 is 15.0 Å². The van der Waals surface area contributed by atoms with E-state index in [9.17, 15) is 9.59 Å². The van der Waals surface area contributed by atoms with E-state index in [2.05, 4.69) is 28.5 Å². The molecule has 1 aliphatic carbocycles. The first-order chi connectivity index (χ1) is 14.1. The monoisotopic (exact) mass is 390 g/mol. The molecule has 1 amide bonds. The number of aryl methyl sites for hydroxylation is 2. The van der Waals surface area contributed by atoms with Crippen LogP contribution in [0.5, 0.6) is 0 Å². The summed E-state index contributed by atoms with van der Waals surface area (Å²) in [6.45, 7) is 1.69. The van der Waals surface area contributed by atoms with Gasteiger partial charge in [-0.1, -0.05) is 36.4 Å². The first kappa shape index (κ1) is 19.2. The van der Waals surface area contributed by atoms with Gasteiger partial charge in [0.2, 0.25) is 0 Å². The molecule has 0 aliphatic heterocycles. The minimum atomic E-state index is -0.411. The number of amides is 1. The van der Waals surface area contributed by atoms with E-state index >= 15 is 0 Å². The van der Waals surface area contributed by atoms with Crippen LogP contribution >= 0.6 is 0 Å². The van der Waals surface area contributed by atoms with Crippen molar-refractivity contribution in [1.29, 1.82) is 0 Å². The Morgan fingerprint density at radius 1 is 1.10 bits per heavy atom. The molecule has 1 atom stereocenters. The van der Waals surface area contributed by atoms with Gasteiger partial charge in [0.15, 0.2) is 6.61 Å². The van der Waals surface area contributed by atoms with Crippen LogP contribution in [0.3, 0.4) is 0 Å². The Hall–Kier alpha value is -3.08. The number of H-pyrrole nitrogens is 1. The smallest absolute Gasteiger partial charge is 0.310 e. The average molecular weight is 390 g/mol. The molecule has 0 unspecified atom stereocenters. The molecule has 5 heteroatoms. The van der Waals surface area contributed by atoms with E-state index in [1.807, 2.05) is 37.4 Å². The van der Waals surface area contributed by atoms with Crippen LogP contribution in [0.1, 0.15) is 48.1 Å². The van der Waals surface area contributed by atoms with Crippen molar-refractivity contribution < 1.29 is 14.3 Å². The number of para-hydroxylation sites is 1. The Labute approximate surface area is 170 Å². The van der Waals surface area contributed by atoms with Crippen molar-refractivity contribution in [2.45, 2.75) is 45.1 Å². The number of hydrogen-bond acceptors (Lipinski definition) is 3. The summed E-state index contributed by atoms with van der Waals surface area (Å²) < 4.78 is 5.19. The fraction of sp³-hybridized carbons (Fsp3) is 0.333. The maximum Gasteiger partial charge on any atom is 0.310 e. The minimum absolute atomic E-state index is 0.123. The molecule has 1 heterocycles. The summed E-state index contributed by atoms with van der Waals surface area (Å²) in [6, 6.07) is 14.1. The summed E-state index contributed by atoms with van der Waals surface area (Å²) in [7, 11) is 0. The number of aromatic nitrogens is 1. The van der Waals surface area contributed by atoms with Gasteiger partial charge in [0.05, 0.1) is 12.5 Å². The molecular formula is C24H26N2O3. The standard InChI is InChI=1S/C24H26N2O3/c1-16(18-11-10-17-6-2-3-7-19(17)12-18)26-23(27)15-29-24(28)13-20-14-25-22-9-5-4-8-21(20)22/h4-5,8-12,14,16,25H,2-3,6-7,13,15H2,1H3,(H,26,27)/t16-/m1/s1. The molecule has 2 aromatic carbocycles. The van der Waals surface area contributed by atoms with Crippen LogP contribution in [0.4, 0.5) is 0 Å². The predicted octanol–water partition coefficient (Wildman–Crippen LogP) is 4.01. The largest absolute Gasteiger partial charge is 0.455 e. The highest BCUT2D eigenvalue weighted by Crippen LogP contribution is 2.24. The first-order valence-corrected chi connectivity index (χ1v) is 10.2. The van der Waals surface area contributed by atoms with Gasteiger partial charge in [0.25, 0.3) is 5.91 Å². The molecule has 0 saturated heterocycles. The fourth-order valence-corrected chi connectivity index (χ4v) is 4.02. The van der Waals surface area contributed by atoms with E-state index < -0.39 is 5.97 Å². The summed E-state index contributed by atoms with van der Waals surface area (Å²) in [5, 5.41) is 3.92. The van der Waals surface area contributed by atoms with Crippen LogP contribution in [0, 0.1) is 0 Å². The lowest BCUT2D eigenvalue weighted by atomic mass is 9.89. The third kappa shape index (κ3) is 4.50. The summed E-state index contributed by atoms with van der Waals surface area (Å²) in [5.74, 6) is -0.700. The summed E-state index contributed by atoms with van der Waals surface area (Å²) in [4.78, 5) is 27.5. The Morgan fingerprint density at radius 3 is 2.76 bits per heavy atom. The number of fused-ring (bicyclic) bond motifs is 2. The zero-order valence-electron chi connectivity index (χ0n) is 16.7. The molecule has 0 spiro atoms. The van der Waals surface area contributed by atoms with Gasteiger partial charge in [-0.15, -0.1) is 0 Å². The van der Waals surface area contributed by atoms with Gasteiger partial charge in [-0.05, 0) is 60.9 Å². The SMILES string of the molecule is C[C@@H](NC(=O)COC(=O)Cc1c[nH]c2ccccc12)c1ccc2c(c1)CCCC2. The van der Waals surface area contributed by atoms with Gasteiger partial charge in [0.1, 0.15) is 0 Å². The predicted molar refractivity (Wildman–Crippen MR) is 113 cm³/mol. The maximum atomic E-state index is 12.2. The van der Waals surface area contributed by atoms with E-state index in [4.69, 9.17) is 4.74 Å². The van der Waals surface area contributed by atoms with Crippen LogP contribution in [0.25, 0.3) is 10.9 Å². The van der Waals surface area contributed by atoms with Gasteiger partial charge in [-0.3, -0.25) is 9.59 Å². The number of carbonyl (C=O) groups excluding carboxylic acids is 2. The minimum Gasteiger partial charge on any atom is -0.455 e. The third-order valence-electron chi connectivity index (χ3n) is 5.62. The van der Waals surface area contributed by atoms with E-state index in [1.165, 1.54) is 24.0 Å². The van der Waals surface area contributed by atoms with Crippen LogP contribution in [-0.4, -0.2) is 23.5 Å². The molecule has 0 saturated carbocycles. The molecule has 150 valence electrons. The molecule has 0 fully saturated rings. The molecule has 29 heavy (non-hydrogen) atoms. The van der Waals surface area contributed by atoms with Crippen LogP contribution in [0.2, 0.25) is 0 Å². The number of aromatic amines is 1. The van der Waals surface area contributed by atoms with Crippen LogP contribution in [-0.2, 0) is 33.6 Å². The van der Waals surface area contributed by atoms with Gasteiger partial charge in [0, 0.05) is 17.1 Å². The first-order valence-electron chi connectivity index (χ1n) is 10.2. The lowest BCUT2D eigenvalue weighted by Crippen LogP contribution is -2.31.